The van der Waals surface area contributed by atoms with E-state index >= 15 is 0 Å². The zero-order valence-corrected chi connectivity index (χ0v) is 13.8. The van der Waals surface area contributed by atoms with E-state index in [1.165, 1.54) is 0 Å². The third kappa shape index (κ3) is 4.14. The van der Waals surface area contributed by atoms with Crippen LogP contribution in [0.4, 0.5) is 5.69 Å². The summed E-state index contributed by atoms with van der Waals surface area (Å²) >= 11 is 0. The number of rotatable bonds is 4. The van der Waals surface area contributed by atoms with E-state index in [2.05, 4.69) is 4.85 Å². The summed E-state index contributed by atoms with van der Waals surface area (Å²) in [5.74, 6) is -0.216. The lowest BCUT2D eigenvalue weighted by Crippen LogP contribution is -2.07. The third-order valence-corrected chi connectivity index (χ3v) is 3.37. The summed E-state index contributed by atoms with van der Waals surface area (Å²) in [5.41, 5.74) is 2.11. The van der Waals surface area contributed by atoms with Crippen LogP contribution >= 0.6 is 0 Å². The molecule has 0 bridgehead atoms. The van der Waals surface area contributed by atoms with Crippen LogP contribution in [0.25, 0.3) is 10.9 Å². The van der Waals surface area contributed by atoms with Crippen molar-refractivity contribution in [3.63, 3.8) is 0 Å². The van der Waals surface area contributed by atoms with Crippen molar-refractivity contribution in [2.24, 2.45) is 0 Å². The number of nitrogens with zero attached hydrogens (tertiary/aromatic N) is 2. The maximum Gasteiger partial charge on any atom is 0.334 e. The zero-order valence-electron chi connectivity index (χ0n) is 13.8. The van der Waals surface area contributed by atoms with E-state index in [-0.39, 0.29) is 5.70 Å². The van der Waals surface area contributed by atoms with Gasteiger partial charge in [0.25, 0.3) is 5.70 Å². The average Bonchev–Trinajstić information content (AvgIpc) is 2.53. The lowest BCUT2D eigenvalue weighted by molar-refractivity contribution is -0.132. The van der Waals surface area contributed by atoms with Crippen LogP contribution < -0.4 is 4.90 Å². The van der Waals surface area contributed by atoms with Crippen LogP contribution in [0.5, 0.6) is 0 Å². The van der Waals surface area contributed by atoms with E-state index in [0.717, 1.165) is 11.3 Å². The van der Waals surface area contributed by atoms with E-state index < -0.39 is 5.97 Å². The Morgan fingerprint density at radius 1 is 1.21 bits per heavy atom. The molecule has 0 atom stereocenters. The molecule has 0 radical (unpaired) electrons. The smallest absolute Gasteiger partial charge is 0.334 e. The first-order chi connectivity index (χ1) is 11.4. The molecule has 0 aliphatic carbocycles. The van der Waals surface area contributed by atoms with Crippen molar-refractivity contribution in [1.82, 2.24) is 0 Å². The Labute approximate surface area is 141 Å². The first kappa shape index (κ1) is 17.1. The summed E-state index contributed by atoms with van der Waals surface area (Å²) in [6.45, 7) is 8.73. The van der Waals surface area contributed by atoms with Crippen LogP contribution in [0, 0.1) is 6.57 Å². The molecule has 1 aromatic rings. The molecule has 0 amide bonds. The second kappa shape index (κ2) is 7.34. The van der Waals surface area contributed by atoms with E-state index in [4.69, 9.17) is 16.4 Å². The van der Waals surface area contributed by atoms with Crippen molar-refractivity contribution in [3.05, 3.63) is 82.3 Å². The topological polar surface area (TPSA) is 54.1 Å². The molecule has 1 N–H and O–H groups in total. The summed E-state index contributed by atoms with van der Waals surface area (Å²) < 4.78 is 5.57. The van der Waals surface area contributed by atoms with Gasteiger partial charge in [-0.05, 0) is 48.4 Å². The molecule has 1 heterocycles. The van der Waals surface area contributed by atoms with Gasteiger partial charge in [-0.25, -0.2) is 4.85 Å². The van der Waals surface area contributed by atoms with Crippen molar-refractivity contribution in [2.75, 3.05) is 19.0 Å². The number of benzene rings is 1. The highest BCUT2D eigenvalue weighted by Crippen LogP contribution is 2.24. The van der Waals surface area contributed by atoms with E-state index in [9.17, 15) is 4.79 Å². The number of carboxylic acid groups (broad SMARTS) is 1. The van der Waals surface area contributed by atoms with E-state index in [0.29, 0.717) is 17.1 Å². The van der Waals surface area contributed by atoms with E-state index in [1.807, 2.05) is 49.3 Å². The van der Waals surface area contributed by atoms with Crippen molar-refractivity contribution in [1.29, 1.82) is 0 Å². The largest absolute Gasteiger partial charge is 0.486 e. The molecule has 2 rings (SSSR count). The van der Waals surface area contributed by atoms with Crippen LogP contribution in [0.15, 0.2) is 65.3 Å². The zero-order chi connectivity index (χ0) is 17.7. The summed E-state index contributed by atoms with van der Waals surface area (Å²) in [4.78, 5) is 16.2. The third-order valence-electron chi connectivity index (χ3n) is 3.37. The van der Waals surface area contributed by atoms with Crippen LogP contribution in [0.1, 0.15) is 12.5 Å². The van der Waals surface area contributed by atoms with Crippen LogP contribution in [0.2, 0.25) is 0 Å². The number of aliphatic carboxylic acids is 1. The fourth-order valence-corrected chi connectivity index (χ4v) is 2.18. The molecule has 122 valence electrons. The molecular formula is C19H18N2O3. The number of carbonyl (C=O) groups is 1. The molecule has 0 fully saturated rings. The molecule has 0 spiro atoms. The van der Waals surface area contributed by atoms with Gasteiger partial charge >= 0.3 is 5.97 Å². The van der Waals surface area contributed by atoms with Gasteiger partial charge in [0.15, 0.2) is 0 Å². The first-order valence-electron chi connectivity index (χ1n) is 7.29. The fourth-order valence-electron chi connectivity index (χ4n) is 2.18. The van der Waals surface area contributed by atoms with Gasteiger partial charge in [-0.3, -0.25) is 4.79 Å². The Bertz CT molecular complexity index is 804. The second-order valence-corrected chi connectivity index (χ2v) is 5.44. The quantitative estimate of drug-likeness (QED) is 0.676. The average molecular weight is 322 g/mol. The fraction of sp³-hybridized carbons (Fsp3) is 0.158. The SMILES string of the molecule is [C-]#[N+]/C(C(=O)O)=C1/C=C(C)OC(/C=C/c2ccc(N(C)C)cc2)=C1. The van der Waals surface area contributed by atoms with Crippen molar-refractivity contribution >= 4 is 17.7 Å². The lowest BCUT2D eigenvalue weighted by Gasteiger charge is -2.14. The molecule has 1 aromatic carbocycles. The molecule has 5 nitrogen and oxygen atoms in total. The molecule has 24 heavy (non-hydrogen) atoms. The molecular weight excluding hydrogens is 304 g/mol. The second-order valence-electron chi connectivity index (χ2n) is 5.44. The summed E-state index contributed by atoms with van der Waals surface area (Å²) in [5, 5.41) is 9.08. The first-order valence-corrected chi connectivity index (χ1v) is 7.29. The molecule has 0 saturated heterocycles. The minimum atomic E-state index is -1.25. The summed E-state index contributed by atoms with van der Waals surface area (Å²) in [7, 11) is 3.96. The monoisotopic (exact) mass is 322 g/mol. The number of hydrogen-bond acceptors (Lipinski definition) is 3. The maximum absolute atomic E-state index is 11.1. The maximum atomic E-state index is 11.1. The number of ether oxygens (including phenoxy) is 1. The highest BCUT2D eigenvalue weighted by Gasteiger charge is 2.16. The van der Waals surface area contributed by atoms with Crippen molar-refractivity contribution < 1.29 is 14.6 Å². The molecule has 0 aromatic heterocycles. The lowest BCUT2D eigenvalue weighted by atomic mass is 10.1. The Kier molecular flexibility index (Phi) is 5.23. The minimum Gasteiger partial charge on any atom is -0.486 e. The van der Waals surface area contributed by atoms with Gasteiger partial charge in [0.1, 0.15) is 11.5 Å². The van der Waals surface area contributed by atoms with Gasteiger partial charge in [0.2, 0.25) is 0 Å². The van der Waals surface area contributed by atoms with Gasteiger partial charge in [-0.15, -0.1) is 0 Å². The Balaban J connectivity index is 2.27. The minimum absolute atomic E-state index is 0.320. The highest BCUT2D eigenvalue weighted by molar-refractivity contribution is 5.91. The van der Waals surface area contributed by atoms with Crippen LogP contribution in [-0.2, 0) is 9.53 Å². The Hall–Kier alpha value is -3.26. The number of allylic oxidation sites excluding steroid dienone is 5. The van der Waals surface area contributed by atoms with Crippen molar-refractivity contribution in [2.45, 2.75) is 6.92 Å². The van der Waals surface area contributed by atoms with Gasteiger partial charge in [0.05, 0.1) is 6.57 Å². The van der Waals surface area contributed by atoms with E-state index in [1.54, 1.807) is 25.2 Å². The number of carboxylic acids is 1. The molecule has 0 unspecified atom stereocenters. The molecule has 0 saturated carbocycles. The van der Waals surface area contributed by atoms with Crippen molar-refractivity contribution in [3.8, 4) is 0 Å². The van der Waals surface area contributed by atoms with Crippen LogP contribution in [0.3, 0.4) is 0 Å². The predicted molar refractivity (Wildman–Crippen MR) is 94.0 cm³/mol. The van der Waals surface area contributed by atoms with Gasteiger partial charge < -0.3 is 14.7 Å². The molecule has 1 aliphatic rings. The Morgan fingerprint density at radius 2 is 1.88 bits per heavy atom. The molecule has 5 heteroatoms. The number of anilines is 1. The highest BCUT2D eigenvalue weighted by atomic mass is 16.5. The Morgan fingerprint density at radius 3 is 2.42 bits per heavy atom. The normalized spacial score (nSPS) is 15.9. The van der Waals surface area contributed by atoms with Crippen LogP contribution in [-0.4, -0.2) is 25.2 Å². The predicted octanol–water partition coefficient (Wildman–Crippen LogP) is 3.84. The van der Waals surface area contributed by atoms with Gasteiger partial charge in [-0.1, -0.05) is 18.2 Å². The molecule has 1 aliphatic heterocycles. The van der Waals surface area contributed by atoms with Gasteiger partial charge in [-0.2, -0.15) is 0 Å². The standard InChI is InChI=1S/C19H18N2O3/c1-13-11-15(18(20-2)19(22)23)12-17(24-13)10-7-14-5-8-16(9-6-14)21(3)4/h5-12H,1,3-4H3,(H,22,23)/b10-7+,18-15-. The van der Waals surface area contributed by atoms with Gasteiger partial charge in [0, 0.05) is 19.8 Å². The number of hydrogen-bond donors (Lipinski definition) is 1. The summed E-state index contributed by atoms with van der Waals surface area (Å²) in [6, 6.07) is 7.98. The summed E-state index contributed by atoms with van der Waals surface area (Å²) in [6.07, 6.45) is 6.73.